The van der Waals surface area contributed by atoms with Crippen molar-refractivity contribution in [1.29, 1.82) is 0 Å². The molecule has 1 atom stereocenters. The third-order valence-electron chi connectivity index (χ3n) is 5.96. The molecule has 188 valence electrons. The monoisotopic (exact) mass is 485 g/mol. The topological polar surface area (TPSA) is 104 Å². The second-order valence-corrected chi connectivity index (χ2v) is 7.98. The van der Waals surface area contributed by atoms with E-state index in [2.05, 4.69) is 0 Å². The van der Waals surface area contributed by atoms with Crippen LogP contribution in [-0.4, -0.2) is 70.4 Å². The standard InChI is InChI=1S/C26H31NO8/c1-15-12-16(8-9-18(15)32-3)23(28)21-22(27(10-7-11-31-2)26(30)24(21)29)17-13-19(33-4)25(35-6)20(14-17)34-5/h8-9,12-14,22,28H,7,10-11H2,1-6H3/t22-/m1/s1. The third-order valence-corrected chi connectivity index (χ3v) is 5.96. The highest BCUT2D eigenvalue weighted by molar-refractivity contribution is 6.46. The van der Waals surface area contributed by atoms with Crippen LogP contribution in [0.4, 0.5) is 0 Å². The fourth-order valence-electron chi connectivity index (χ4n) is 4.28. The van der Waals surface area contributed by atoms with Crippen LogP contribution in [0.25, 0.3) is 5.76 Å². The lowest BCUT2D eigenvalue weighted by Gasteiger charge is -2.26. The average molecular weight is 486 g/mol. The maximum atomic E-state index is 13.2. The van der Waals surface area contributed by atoms with Crippen molar-refractivity contribution in [2.45, 2.75) is 19.4 Å². The molecule has 1 aliphatic rings. The number of benzene rings is 2. The molecule has 1 heterocycles. The predicted molar refractivity (Wildman–Crippen MR) is 129 cm³/mol. The number of carbonyl (C=O) groups is 2. The molecule has 0 aliphatic carbocycles. The Morgan fingerprint density at radius 1 is 0.914 bits per heavy atom. The third kappa shape index (κ3) is 4.90. The maximum absolute atomic E-state index is 13.2. The lowest BCUT2D eigenvalue weighted by Crippen LogP contribution is -2.31. The van der Waals surface area contributed by atoms with Crippen molar-refractivity contribution in [1.82, 2.24) is 4.90 Å². The van der Waals surface area contributed by atoms with E-state index in [1.54, 1.807) is 44.6 Å². The first-order chi connectivity index (χ1) is 16.8. The van der Waals surface area contributed by atoms with Gasteiger partial charge in [-0.3, -0.25) is 9.59 Å². The summed E-state index contributed by atoms with van der Waals surface area (Å²) in [5, 5.41) is 11.3. The van der Waals surface area contributed by atoms with E-state index in [-0.39, 0.29) is 17.9 Å². The molecule has 0 aromatic heterocycles. The molecule has 2 aromatic carbocycles. The number of aliphatic hydroxyl groups excluding tert-OH is 1. The highest BCUT2D eigenvalue weighted by Crippen LogP contribution is 2.45. The molecule has 2 aromatic rings. The first-order valence-corrected chi connectivity index (χ1v) is 11.0. The molecule has 1 saturated heterocycles. The van der Waals surface area contributed by atoms with Gasteiger partial charge in [-0.1, -0.05) is 0 Å². The summed E-state index contributed by atoms with van der Waals surface area (Å²) in [6.45, 7) is 2.48. The van der Waals surface area contributed by atoms with Crippen LogP contribution in [-0.2, 0) is 14.3 Å². The van der Waals surface area contributed by atoms with Gasteiger partial charge in [-0.2, -0.15) is 0 Å². The van der Waals surface area contributed by atoms with E-state index in [4.69, 9.17) is 23.7 Å². The van der Waals surface area contributed by atoms with Gasteiger partial charge in [-0.15, -0.1) is 0 Å². The van der Waals surface area contributed by atoms with Gasteiger partial charge in [0.05, 0.1) is 40.1 Å². The summed E-state index contributed by atoms with van der Waals surface area (Å²) in [6, 6.07) is 7.53. The van der Waals surface area contributed by atoms with E-state index in [0.717, 1.165) is 5.56 Å². The molecule has 35 heavy (non-hydrogen) atoms. The Morgan fingerprint density at radius 2 is 1.54 bits per heavy atom. The Morgan fingerprint density at radius 3 is 2.06 bits per heavy atom. The number of methoxy groups -OCH3 is 5. The highest BCUT2D eigenvalue weighted by Gasteiger charge is 2.46. The fourth-order valence-corrected chi connectivity index (χ4v) is 4.28. The highest BCUT2D eigenvalue weighted by atomic mass is 16.5. The summed E-state index contributed by atoms with van der Waals surface area (Å²) in [7, 11) is 7.57. The number of ether oxygens (including phenoxy) is 5. The van der Waals surface area contributed by atoms with Gasteiger partial charge in [0.2, 0.25) is 5.75 Å². The zero-order valence-corrected chi connectivity index (χ0v) is 20.8. The van der Waals surface area contributed by atoms with Crippen molar-refractivity contribution in [2.24, 2.45) is 0 Å². The summed E-state index contributed by atoms with van der Waals surface area (Å²) >= 11 is 0. The molecule has 9 heteroatoms. The van der Waals surface area contributed by atoms with Gasteiger partial charge in [0, 0.05) is 25.8 Å². The van der Waals surface area contributed by atoms with Gasteiger partial charge in [-0.25, -0.2) is 0 Å². The molecule has 9 nitrogen and oxygen atoms in total. The Balaban J connectivity index is 2.24. The molecule has 1 fully saturated rings. The van der Waals surface area contributed by atoms with Crippen molar-refractivity contribution >= 4 is 17.4 Å². The molecule has 0 bridgehead atoms. The van der Waals surface area contributed by atoms with Crippen LogP contribution in [0, 0.1) is 6.92 Å². The molecule has 0 saturated carbocycles. The number of Topliss-reactive ketones (excluding diaryl/α,β-unsaturated/α-hetero) is 1. The van der Waals surface area contributed by atoms with Crippen molar-refractivity contribution in [3.05, 3.63) is 52.6 Å². The number of aryl methyl sites for hydroxylation is 1. The van der Waals surface area contributed by atoms with Crippen LogP contribution in [0.2, 0.25) is 0 Å². The lowest BCUT2D eigenvalue weighted by molar-refractivity contribution is -0.140. The van der Waals surface area contributed by atoms with Crippen LogP contribution >= 0.6 is 0 Å². The Kier molecular flexibility index (Phi) is 8.24. The smallest absolute Gasteiger partial charge is 0.295 e. The Labute approximate surface area is 204 Å². The van der Waals surface area contributed by atoms with Crippen molar-refractivity contribution < 1.29 is 38.4 Å². The second kappa shape index (κ2) is 11.1. The van der Waals surface area contributed by atoms with E-state index in [9.17, 15) is 14.7 Å². The van der Waals surface area contributed by atoms with E-state index < -0.39 is 17.7 Å². The molecule has 1 amide bonds. The number of hydrogen-bond donors (Lipinski definition) is 1. The summed E-state index contributed by atoms with van der Waals surface area (Å²) in [4.78, 5) is 27.8. The minimum atomic E-state index is -0.872. The maximum Gasteiger partial charge on any atom is 0.295 e. The summed E-state index contributed by atoms with van der Waals surface area (Å²) < 4.78 is 26.8. The quantitative estimate of drug-likeness (QED) is 0.236. The molecule has 1 aliphatic heterocycles. The summed E-state index contributed by atoms with van der Waals surface area (Å²) in [5.41, 5.74) is 1.68. The van der Waals surface area contributed by atoms with Gasteiger partial charge in [0.25, 0.3) is 11.7 Å². The first kappa shape index (κ1) is 25.9. The minimum absolute atomic E-state index is 0.0220. The molecular formula is C26H31NO8. The number of hydrogen-bond acceptors (Lipinski definition) is 8. The average Bonchev–Trinajstić information content (AvgIpc) is 3.12. The largest absolute Gasteiger partial charge is 0.507 e. The molecular weight excluding hydrogens is 454 g/mol. The predicted octanol–water partition coefficient (Wildman–Crippen LogP) is 3.49. The Hall–Kier alpha value is -3.72. The summed E-state index contributed by atoms with van der Waals surface area (Å²) in [5.74, 6) is -0.00118. The SMILES string of the molecule is COCCCN1C(=O)C(=O)C(=C(O)c2ccc(OC)c(C)c2)[C@H]1c1cc(OC)c(OC)c(OC)c1. The van der Waals surface area contributed by atoms with Crippen molar-refractivity contribution in [3.63, 3.8) is 0 Å². The zero-order valence-electron chi connectivity index (χ0n) is 20.8. The second-order valence-electron chi connectivity index (χ2n) is 7.98. The van der Waals surface area contributed by atoms with E-state index in [1.165, 1.54) is 26.2 Å². The van der Waals surface area contributed by atoms with Crippen LogP contribution in [0.1, 0.15) is 29.2 Å². The van der Waals surface area contributed by atoms with Gasteiger partial charge >= 0.3 is 0 Å². The molecule has 0 unspecified atom stereocenters. The molecule has 0 radical (unpaired) electrons. The lowest BCUT2D eigenvalue weighted by atomic mass is 9.94. The van der Waals surface area contributed by atoms with Gasteiger partial charge in [-0.05, 0) is 54.8 Å². The summed E-state index contributed by atoms with van der Waals surface area (Å²) in [6.07, 6.45) is 0.506. The van der Waals surface area contributed by atoms with E-state index >= 15 is 0 Å². The van der Waals surface area contributed by atoms with Crippen molar-refractivity contribution in [3.8, 4) is 23.0 Å². The molecule has 1 N–H and O–H groups in total. The van der Waals surface area contributed by atoms with Gasteiger partial charge in [0.15, 0.2) is 11.5 Å². The van der Waals surface area contributed by atoms with Crippen LogP contribution in [0.3, 0.4) is 0 Å². The normalized spacial score (nSPS) is 17.0. The number of carbonyl (C=O) groups excluding carboxylic acids is 2. The fraction of sp³-hybridized carbons (Fsp3) is 0.385. The van der Waals surface area contributed by atoms with Gasteiger partial charge in [0.1, 0.15) is 11.5 Å². The van der Waals surface area contributed by atoms with E-state index in [0.29, 0.717) is 47.2 Å². The number of rotatable bonds is 10. The number of aliphatic hydroxyl groups is 1. The Bertz CT molecular complexity index is 1120. The first-order valence-electron chi connectivity index (χ1n) is 11.0. The van der Waals surface area contributed by atoms with Crippen LogP contribution in [0.15, 0.2) is 35.9 Å². The number of likely N-dealkylation sites (tertiary alicyclic amines) is 1. The molecule has 3 rings (SSSR count). The minimum Gasteiger partial charge on any atom is -0.507 e. The van der Waals surface area contributed by atoms with E-state index in [1.807, 2.05) is 6.92 Å². The number of ketones is 1. The van der Waals surface area contributed by atoms with Gasteiger partial charge < -0.3 is 33.7 Å². The number of nitrogens with zero attached hydrogens (tertiary/aromatic N) is 1. The van der Waals surface area contributed by atoms with Crippen LogP contribution in [0.5, 0.6) is 23.0 Å². The zero-order chi connectivity index (χ0) is 25.7. The molecule has 0 spiro atoms. The van der Waals surface area contributed by atoms with Crippen LogP contribution < -0.4 is 18.9 Å². The number of amides is 1. The van der Waals surface area contributed by atoms with Crippen molar-refractivity contribution in [2.75, 3.05) is 48.7 Å².